The lowest BCUT2D eigenvalue weighted by molar-refractivity contribution is -0.301. The summed E-state index contributed by atoms with van der Waals surface area (Å²) in [6, 6.07) is 0. The molecule has 1 aliphatic heterocycles. The van der Waals surface area contributed by atoms with Crippen molar-refractivity contribution in [1.82, 2.24) is 0 Å². The highest BCUT2D eigenvalue weighted by Gasteiger charge is 2.48. The van der Waals surface area contributed by atoms with Crippen LogP contribution in [0.15, 0.2) is 0 Å². The van der Waals surface area contributed by atoms with Crippen molar-refractivity contribution in [3.63, 3.8) is 0 Å². The Morgan fingerprint density at radius 3 is 2.06 bits per heavy atom. The molecule has 9 nitrogen and oxygen atoms in total. The molecule has 7 unspecified atom stereocenters. The lowest BCUT2D eigenvalue weighted by Crippen LogP contribution is -2.63. The van der Waals surface area contributed by atoms with E-state index in [1.54, 1.807) is 0 Å². The van der Waals surface area contributed by atoms with Crippen molar-refractivity contribution in [1.29, 1.82) is 0 Å². The first-order valence-corrected chi connectivity index (χ1v) is 4.80. The van der Waals surface area contributed by atoms with Gasteiger partial charge in [0, 0.05) is 0 Å². The Balaban J connectivity index is 2.80. The number of nitrogens with two attached hydrogens (primary N) is 1. The highest BCUT2D eigenvalue weighted by atomic mass is 16.6. The predicted octanol–water partition coefficient (Wildman–Crippen LogP) is -5.01. The molecule has 1 aliphatic rings. The summed E-state index contributed by atoms with van der Waals surface area (Å²) in [6.45, 7) is 0. The molecule has 8 N–H and O–H groups in total. The Kier molecular flexibility index (Phi) is 4.38. The van der Waals surface area contributed by atoms with Crippen molar-refractivity contribution in [2.45, 2.75) is 42.9 Å². The van der Waals surface area contributed by atoms with Gasteiger partial charge in [-0.05, 0) is 0 Å². The Hall–Kier alpha value is -0.810. The molecule has 17 heavy (non-hydrogen) atoms. The van der Waals surface area contributed by atoms with E-state index in [0.29, 0.717) is 0 Å². The van der Waals surface area contributed by atoms with Gasteiger partial charge in [-0.1, -0.05) is 0 Å². The van der Waals surface area contributed by atoms with Crippen LogP contribution in [0, 0.1) is 0 Å². The standard InChI is InChI=1S/C8H15NO8/c9-7(15)4(13)3(12)6-2(11)1(10)5(14)8(16)17-6/h1-6,8,10-14,16H,(H2,9,15). The molecule has 1 rings (SSSR count). The third-order valence-electron chi connectivity index (χ3n) is 2.58. The number of amides is 1. The van der Waals surface area contributed by atoms with Gasteiger partial charge in [0.15, 0.2) is 12.4 Å². The summed E-state index contributed by atoms with van der Waals surface area (Å²) in [7, 11) is 0. The van der Waals surface area contributed by atoms with Crippen molar-refractivity contribution >= 4 is 5.91 Å². The molecule has 1 amide bonds. The zero-order valence-corrected chi connectivity index (χ0v) is 8.62. The van der Waals surface area contributed by atoms with Gasteiger partial charge in [0.1, 0.15) is 30.5 Å². The summed E-state index contributed by atoms with van der Waals surface area (Å²) in [4.78, 5) is 10.6. The van der Waals surface area contributed by atoms with Crippen molar-refractivity contribution in [3.8, 4) is 0 Å². The largest absolute Gasteiger partial charge is 0.387 e. The Morgan fingerprint density at radius 1 is 1.06 bits per heavy atom. The van der Waals surface area contributed by atoms with E-state index in [-0.39, 0.29) is 0 Å². The van der Waals surface area contributed by atoms with Crippen molar-refractivity contribution in [3.05, 3.63) is 0 Å². The Morgan fingerprint density at radius 2 is 1.59 bits per heavy atom. The molecule has 9 heteroatoms. The van der Waals surface area contributed by atoms with Crippen LogP contribution in [0.25, 0.3) is 0 Å². The highest BCUT2D eigenvalue weighted by Crippen LogP contribution is 2.23. The molecule has 0 bridgehead atoms. The summed E-state index contributed by atoms with van der Waals surface area (Å²) >= 11 is 0. The summed E-state index contributed by atoms with van der Waals surface area (Å²) < 4.78 is 4.59. The van der Waals surface area contributed by atoms with Crippen LogP contribution >= 0.6 is 0 Å². The third kappa shape index (κ3) is 2.72. The van der Waals surface area contributed by atoms with Crippen LogP contribution in [0.1, 0.15) is 0 Å². The van der Waals surface area contributed by atoms with Crippen LogP contribution in [0.2, 0.25) is 0 Å². The summed E-state index contributed by atoms with van der Waals surface area (Å²) in [6.07, 6.45) is -12.9. The maximum Gasteiger partial charge on any atom is 0.249 e. The minimum Gasteiger partial charge on any atom is -0.387 e. The summed E-state index contributed by atoms with van der Waals surface area (Å²) in [5, 5.41) is 55.7. The van der Waals surface area contributed by atoms with Gasteiger partial charge in [-0.3, -0.25) is 4.79 Å². The van der Waals surface area contributed by atoms with Crippen LogP contribution in [0.5, 0.6) is 0 Å². The van der Waals surface area contributed by atoms with Crippen LogP contribution in [-0.4, -0.2) is 79.5 Å². The van der Waals surface area contributed by atoms with Gasteiger partial charge >= 0.3 is 0 Å². The molecule has 7 atom stereocenters. The SMILES string of the molecule is NC(=O)C(O)C(O)C1OC(O)C(O)C(O)C1O. The monoisotopic (exact) mass is 253 g/mol. The lowest BCUT2D eigenvalue weighted by atomic mass is 9.93. The maximum absolute atomic E-state index is 10.6. The van der Waals surface area contributed by atoms with Gasteiger partial charge in [-0.25, -0.2) is 0 Å². The molecule has 0 spiro atoms. The van der Waals surface area contributed by atoms with Gasteiger partial charge in [0.05, 0.1) is 0 Å². The first-order valence-electron chi connectivity index (χ1n) is 4.80. The number of primary amides is 1. The van der Waals surface area contributed by atoms with E-state index in [1.165, 1.54) is 0 Å². The number of hydrogen-bond acceptors (Lipinski definition) is 8. The molecule has 1 fully saturated rings. The average Bonchev–Trinajstić information content (AvgIpc) is 2.29. The number of ether oxygens (including phenoxy) is 1. The molecule has 0 radical (unpaired) electrons. The Labute approximate surface area is 95.7 Å². The first-order chi connectivity index (χ1) is 7.77. The van der Waals surface area contributed by atoms with E-state index in [9.17, 15) is 20.1 Å². The predicted molar refractivity (Wildman–Crippen MR) is 50.1 cm³/mol. The van der Waals surface area contributed by atoms with E-state index in [0.717, 1.165) is 0 Å². The summed E-state index contributed by atoms with van der Waals surface area (Å²) in [5.41, 5.74) is 4.73. The quantitative estimate of drug-likeness (QED) is 0.261. The van der Waals surface area contributed by atoms with Crippen LogP contribution in [-0.2, 0) is 9.53 Å². The van der Waals surface area contributed by atoms with E-state index in [1.807, 2.05) is 0 Å². The summed E-state index contributed by atoms with van der Waals surface area (Å²) in [5.74, 6) is -1.26. The molecular weight excluding hydrogens is 238 g/mol. The number of carbonyl (C=O) groups is 1. The number of aliphatic hydroxyl groups excluding tert-OH is 6. The maximum atomic E-state index is 10.6. The normalized spacial score (nSPS) is 41.9. The third-order valence-corrected chi connectivity index (χ3v) is 2.58. The van der Waals surface area contributed by atoms with E-state index >= 15 is 0 Å². The number of carbonyl (C=O) groups excluding carboxylic acids is 1. The van der Waals surface area contributed by atoms with Gasteiger partial charge < -0.3 is 41.1 Å². The molecule has 100 valence electrons. The zero-order valence-electron chi connectivity index (χ0n) is 8.62. The number of aliphatic hydroxyl groups is 6. The van der Waals surface area contributed by atoms with Crippen LogP contribution in [0.4, 0.5) is 0 Å². The second kappa shape index (κ2) is 5.23. The van der Waals surface area contributed by atoms with Gasteiger partial charge in [-0.2, -0.15) is 0 Å². The van der Waals surface area contributed by atoms with E-state index in [4.69, 9.17) is 21.1 Å². The second-order valence-corrected chi connectivity index (χ2v) is 3.80. The average molecular weight is 253 g/mol. The van der Waals surface area contributed by atoms with Gasteiger partial charge in [0.2, 0.25) is 5.91 Å². The van der Waals surface area contributed by atoms with E-state index < -0.39 is 48.8 Å². The zero-order chi connectivity index (χ0) is 13.3. The molecule has 0 aliphatic carbocycles. The van der Waals surface area contributed by atoms with Gasteiger partial charge in [0.25, 0.3) is 0 Å². The minimum absolute atomic E-state index is 1.26. The molecular formula is C8H15NO8. The molecule has 0 saturated carbocycles. The molecule has 0 aromatic heterocycles. The number of rotatable bonds is 3. The molecule has 1 saturated heterocycles. The van der Waals surface area contributed by atoms with E-state index in [2.05, 4.69) is 4.74 Å². The smallest absolute Gasteiger partial charge is 0.249 e. The second-order valence-electron chi connectivity index (χ2n) is 3.80. The van der Waals surface area contributed by atoms with Crippen molar-refractivity contribution < 1.29 is 40.2 Å². The van der Waals surface area contributed by atoms with Crippen LogP contribution < -0.4 is 5.73 Å². The number of hydrogen-bond donors (Lipinski definition) is 7. The molecule has 0 aromatic carbocycles. The van der Waals surface area contributed by atoms with Crippen molar-refractivity contribution in [2.75, 3.05) is 0 Å². The Bertz CT molecular complexity index is 287. The topological polar surface area (TPSA) is 174 Å². The lowest BCUT2D eigenvalue weighted by Gasteiger charge is -2.40. The molecule has 1 heterocycles. The van der Waals surface area contributed by atoms with Crippen LogP contribution in [0.3, 0.4) is 0 Å². The highest BCUT2D eigenvalue weighted by molar-refractivity contribution is 5.79. The molecule has 0 aromatic rings. The fraction of sp³-hybridized carbons (Fsp3) is 0.875. The van der Waals surface area contributed by atoms with Crippen molar-refractivity contribution in [2.24, 2.45) is 5.73 Å². The first kappa shape index (κ1) is 14.3. The fourth-order valence-corrected chi connectivity index (χ4v) is 1.52. The fourth-order valence-electron chi connectivity index (χ4n) is 1.52. The van der Waals surface area contributed by atoms with Gasteiger partial charge in [-0.15, -0.1) is 0 Å². The minimum atomic E-state index is -2.04.